The van der Waals surface area contributed by atoms with Gasteiger partial charge in [-0.1, -0.05) is 30.3 Å². The summed E-state index contributed by atoms with van der Waals surface area (Å²) >= 11 is 0. The number of hydrogen-bond donors (Lipinski definition) is 0. The third-order valence-electron chi connectivity index (χ3n) is 4.41. The number of carbonyl (C=O) groups is 1. The van der Waals surface area contributed by atoms with Crippen molar-refractivity contribution in [2.75, 3.05) is 33.4 Å². The van der Waals surface area contributed by atoms with Gasteiger partial charge in [0, 0.05) is 0 Å². The highest BCUT2D eigenvalue weighted by Gasteiger charge is 2.33. The number of amides is 1. The first-order valence-corrected chi connectivity index (χ1v) is 10.5. The van der Waals surface area contributed by atoms with Crippen molar-refractivity contribution in [2.45, 2.75) is 17.9 Å². The standard InChI is InChI=1S/C20H23NO7S/c1-15-7-3-6-10-19(15)29(23,24)27-14-16-13-21(20(22)28-16)11-12-26-18-9-5-4-8-17(18)25-2/h3-10,16H,11-14H2,1-2H3/t16-/m0/s1. The molecule has 1 amide bonds. The molecule has 0 spiro atoms. The van der Waals surface area contributed by atoms with Crippen LogP contribution in [0, 0.1) is 6.92 Å². The molecule has 29 heavy (non-hydrogen) atoms. The Morgan fingerprint density at radius 2 is 1.79 bits per heavy atom. The minimum absolute atomic E-state index is 0.103. The molecule has 0 aromatic heterocycles. The SMILES string of the molecule is COc1ccccc1OCCN1C[C@@H](COS(=O)(=O)c2ccccc2C)OC1=O. The lowest BCUT2D eigenvalue weighted by atomic mass is 10.2. The van der Waals surface area contributed by atoms with Crippen LogP contribution in [0.3, 0.4) is 0 Å². The molecule has 0 N–H and O–H groups in total. The van der Waals surface area contributed by atoms with E-state index in [0.717, 1.165) is 0 Å². The van der Waals surface area contributed by atoms with Crippen LogP contribution in [0.15, 0.2) is 53.4 Å². The summed E-state index contributed by atoms with van der Waals surface area (Å²) in [6.07, 6.45) is -1.21. The first-order valence-electron chi connectivity index (χ1n) is 9.07. The van der Waals surface area contributed by atoms with E-state index in [1.807, 2.05) is 12.1 Å². The Labute approximate surface area is 170 Å². The fraction of sp³-hybridized carbons (Fsp3) is 0.350. The molecule has 9 heteroatoms. The summed E-state index contributed by atoms with van der Waals surface area (Å²) in [4.78, 5) is 13.6. The largest absolute Gasteiger partial charge is 0.493 e. The first kappa shape index (κ1) is 20.9. The van der Waals surface area contributed by atoms with Gasteiger partial charge in [-0.3, -0.25) is 4.18 Å². The van der Waals surface area contributed by atoms with Gasteiger partial charge in [-0.15, -0.1) is 0 Å². The predicted octanol–water partition coefficient (Wildman–Crippen LogP) is 2.61. The van der Waals surface area contributed by atoms with E-state index >= 15 is 0 Å². The fourth-order valence-corrected chi connectivity index (χ4v) is 4.08. The predicted molar refractivity (Wildman–Crippen MR) is 105 cm³/mol. The van der Waals surface area contributed by atoms with E-state index in [1.165, 1.54) is 11.0 Å². The van der Waals surface area contributed by atoms with Crippen molar-refractivity contribution >= 4 is 16.2 Å². The second kappa shape index (κ2) is 9.15. The number of ether oxygens (including phenoxy) is 3. The van der Waals surface area contributed by atoms with Gasteiger partial charge in [-0.2, -0.15) is 8.42 Å². The topological polar surface area (TPSA) is 91.4 Å². The second-order valence-electron chi connectivity index (χ2n) is 6.46. The summed E-state index contributed by atoms with van der Waals surface area (Å²) in [7, 11) is -2.37. The fourth-order valence-electron chi connectivity index (χ4n) is 2.91. The zero-order valence-electron chi connectivity index (χ0n) is 16.2. The van der Waals surface area contributed by atoms with Crippen molar-refractivity contribution in [3.63, 3.8) is 0 Å². The Bertz CT molecular complexity index is 961. The van der Waals surface area contributed by atoms with Crippen molar-refractivity contribution in [2.24, 2.45) is 0 Å². The number of carbonyl (C=O) groups excluding carboxylic acids is 1. The molecule has 0 aliphatic carbocycles. The Hall–Kier alpha value is -2.78. The molecule has 2 aromatic rings. The number of para-hydroxylation sites is 2. The highest BCUT2D eigenvalue weighted by Crippen LogP contribution is 2.26. The van der Waals surface area contributed by atoms with Crippen LogP contribution in [0.5, 0.6) is 11.5 Å². The maximum atomic E-state index is 12.4. The number of cyclic esters (lactones) is 1. The minimum atomic E-state index is -3.92. The number of benzene rings is 2. The quantitative estimate of drug-likeness (QED) is 0.575. The van der Waals surface area contributed by atoms with E-state index in [0.29, 0.717) is 17.1 Å². The minimum Gasteiger partial charge on any atom is -0.493 e. The third-order valence-corrected chi connectivity index (χ3v) is 5.85. The van der Waals surface area contributed by atoms with Crippen LogP contribution in [0.4, 0.5) is 4.79 Å². The smallest absolute Gasteiger partial charge is 0.410 e. The van der Waals surface area contributed by atoms with Gasteiger partial charge in [0.15, 0.2) is 11.5 Å². The summed E-state index contributed by atoms with van der Waals surface area (Å²) in [6.45, 7) is 2.20. The molecule has 1 heterocycles. The summed E-state index contributed by atoms with van der Waals surface area (Å²) in [5.74, 6) is 1.18. The molecule has 1 saturated heterocycles. The molecule has 0 bridgehead atoms. The van der Waals surface area contributed by atoms with Crippen molar-refractivity contribution in [3.05, 3.63) is 54.1 Å². The van der Waals surface area contributed by atoms with Gasteiger partial charge < -0.3 is 19.1 Å². The van der Waals surface area contributed by atoms with Crippen LogP contribution in [-0.2, 0) is 19.0 Å². The van der Waals surface area contributed by atoms with E-state index in [2.05, 4.69) is 0 Å². The lowest BCUT2D eigenvalue weighted by Crippen LogP contribution is -2.30. The van der Waals surface area contributed by atoms with E-state index in [9.17, 15) is 13.2 Å². The normalized spacial score (nSPS) is 16.6. The number of nitrogens with zero attached hydrogens (tertiary/aromatic N) is 1. The number of methoxy groups -OCH3 is 1. The van der Waals surface area contributed by atoms with E-state index < -0.39 is 22.3 Å². The van der Waals surface area contributed by atoms with E-state index in [-0.39, 0.29) is 31.2 Å². The van der Waals surface area contributed by atoms with Crippen LogP contribution in [0.25, 0.3) is 0 Å². The molecule has 0 saturated carbocycles. The lowest BCUT2D eigenvalue weighted by molar-refractivity contribution is 0.104. The molecule has 1 aliphatic heterocycles. The van der Waals surface area contributed by atoms with E-state index in [4.69, 9.17) is 18.4 Å². The van der Waals surface area contributed by atoms with E-state index in [1.54, 1.807) is 44.4 Å². The van der Waals surface area contributed by atoms with Crippen LogP contribution in [0.2, 0.25) is 0 Å². The molecule has 0 unspecified atom stereocenters. The molecule has 156 valence electrons. The molecule has 2 aromatic carbocycles. The molecular formula is C20H23NO7S. The van der Waals surface area contributed by atoms with Crippen LogP contribution in [-0.4, -0.2) is 58.9 Å². The number of aryl methyl sites for hydroxylation is 1. The number of rotatable bonds is 9. The molecule has 1 aliphatic rings. The van der Waals surface area contributed by atoms with Crippen LogP contribution < -0.4 is 9.47 Å². The Morgan fingerprint density at radius 1 is 1.10 bits per heavy atom. The summed E-state index contributed by atoms with van der Waals surface area (Å²) in [5, 5.41) is 0. The van der Waals surface area contributed by atoms with Gasteiger partial charge >= 0.3 is 6.09 Å². The van der Waals surface area contributed by atoms with Crippen molar-refractivity contribution in [1.82, 2.24) is 4.90 Å². The van der Waals surface area contributed by atoms with Crippen LogP contribution in [0.1, 0.15) is 5.56 Å². The van der Waals surface area contributed by atoms with Gasteiger partial charge in [0.1, 0.15) is 19.3 Å². The molecule has 3 rings (SSSR count). The van der Waals surface area contributed by atoms with Crippen molar-refractivity contribution in [1.29, 1.82) is 0 Å². The summed E-state index contributed by atoms with van der Waals surface area (Å²) < 4.78 is 45.9. The Balaban J connectivity index is 1.49. The number of hydrogen-bond acceptors (Lipinski definition) is 7. The zero-order chi connectivity index (χ0) is 20.9. The highest BCUT2D eigenvalue weighted by molar-refractivity contribution is 7.86. The van der Waals surface area contributed by atoms with Gasteiger partial charge in [-0.25, -0.2) is 4.79 Å². The monoisotopic (exact) mass is 421 g/mol. The Morgan fingerprint density at radius 3 is 2.52 bits per heavy atom. The first-order chi connectivity index (χ1) is 13.9. The zero-order valence-corrected chi connectivity index (χ0v) is 17.1. The summed E-state index contributed by atoms with van der Waals surface area (Å²) in [6, 6.07) is 13.8. The van der Waals surface area contributed by atoms with Gasteiger partial charge in [-0.05, 0) is 30.7 Å². The van der Waals surface area contributed by atoms with Gasteiger partial charge in [0.05, 0.1) is 25.1 Å². The van der Waals surface area contributed by atoms with Gasteiger partial charge in [0.25, 0.3) is 10.1 Å². The molecule has 1 fully saturated rings. The average Bonchev–Trinajstić information content (AvgIpc) is 3.07. The van der Waals surface area contributed by atoms with Crippen molar-refractivity contribution < 1.29 is 31.6 Å². The molecule has 8 nitrogen and oxygen atoms in total. The molecular weight excluding hydrogens is 398 g/mol. The Kier molecular flexibility index (Phi) is 6.60. The lowest BCUT2D eigenvalue weighted by Gasteiger charge is -2.15. The average molecular weight is 421 g/mol. The van der Waals surface area contributed by atoms with Crippen LogP contribution >= 0.6 is 0 Å². The third kappa shape index (κ3) is 5.18. The second-order valence-corrected chi connectivity index (χ2v) is 8.04. The molecule has 0 radical (unpaired) electrons. The molecule has 1 atom stereocenters. The highest BCUT2D eigenvalue weighted by atomic mass is 32.2. The van der Waals surface area contributed by atoms with Crippen molar-refractivity contribution in [3.8, 4) is 11.5 Å². The summed E-state index contributed by atoms with van der Waals surface area (Å²) in [5.41, 5.74) is 0.589. The van der Waals surface area contributed by atoms with Gasteiger partial charge in [0.2, 0.25) is 0 Å². The maximum Gasteiger partial charge on any atom is 0.410 e. The maximum absolute atomic E-state index is 12.4.